The van der Waals surface area contributed by atoms with Gasteiger partial charge in [0.15, 0.2) is 0 Å². The summed E-state index contributed by atoms with van der Waals surface area (Å²) < 4.78 is 0. The first-order valence-corrected chi connectivity index (χ1v) is 12.7. The zero-order valence-electron chi connectivity index (χ0n) is 19.4. The summed E-state index contributed by atoms with van der Waals surface area (Å²) in [7, 11) is 0. The fourth-order valence-corrected chi connectivity index (χ4v) is 8.50. The van der Waals surface area contributed by atoms with Gasteiger partial charge in [0.1, 0.15) is 0 Å². The Morgan fingerprint density at radius 2 is 1.79 bits per heavy atom. The molecule has 160 valence electrons. The maximum absolute atomic E-state index is 11.3. The van der Waals surface area contributed by atoms with Crippen molar-refractivity contribution in [3.63, 3.8) is 0 Å². The second-order valence-electron chi connectivity index (χ2n) is 12.1. The molecule has 0 bridgehead atoms. The molecule has 3 saturated carbocycles. The summed E-state index contributed by atoms with van der Waals surface area (Å²) in [5.74, 6) is 3.95. The van der Waals surface area contributed by atoms with Crippen LogP contribution in [0.2, 0.25) is 0 Å². The van der Waals surface area contributed by atoms with Gasteiger partial charge in [0.25, 0.3) is 0 Å². The van der Waals surface area contributed by atoms with Crippen molar-refractivity contribution in [2.75, 3.05) is 0 Å². The zero-order chi connectivity index (χ0) is 20.1. The predicted octanol–water partition coefficient (Wildman–Crippen LogP) is 7.53. The first-order chi connectivity index (χ1) is 13.3. The third kappa shape index (κ3) is 3.32. The molecule has 4 aliphatic rings. The Labute approximate surface area is 174 Å². The van der Waals surface area contributed by atoms with E-state index in [1.54, 1.807) is 11.1 Å². The summed E-state index contributed by atoms with van der Waals surface area (Å²) >= 11 is 0. The van der Waals surface area contributed by atoms with Gasteiger partial charge in [-0.2, -0.15) is 0 Å². The van der Waals surface area contributed by atoms with E-state index in [-0.39, 0.29) is 6.10 Å². The molecule has 0 heterocycles. The van der Waals surface area contributed by atoms with Gasteiger partial charge >= 0.3 is 0 Å². The molecule has 0 aliphatic heterocycles. The van der Waals surface area contributed by atoms with E-state index in [1.807, 2.05) is 0 Å². The largest absolute Gasteiger partial charge is 0.389 e. The molecule has 1 unspecified atom stereocenters. The highest BCUT2D eigenvalue weighted by molar-refractivity contribution is 5.37. The fourth-order valence-electron chi connectivity index (χ4n) is 8.50. The minimum absolute atomic E-state index is 0.134. The molecule has 0 aromatic rings. The normalized spacial score (nSPS) is 44.2. The molecule has 4 rings (SSSR count). The predicted molar refractivity (Wildman–Crippen MR) is 119 cm³/mol. The van der Waals surface area contributed by atoms with Crippen LogP contribution in [0.1, 0.15) is 112 Å². The van der Waals surface area contributed by atoms with Crippen molar-refractivity contribution in [1.29, 1.82) is 0 Å². The van der Waals surface area contributed by atoms with Crippen LogP contribution in [-0.4, -0.2) is 11.2 Å². The molecular weight excluding hydrogens is 340 g/mol. The van der Waals surface area contributed by atoms with Gasteiger partial charge in [-0.1, -0.05) is 72.3 Å². The van der Waals surface area contributed by atoms with E-state index >= 15 is 0 Å². The van der Waals surface area contributed by atoms with Crippen LogP contribution >= 0.6 is 0 Å². The lowest BCUT2D eigenvalue weighted by molar-refractivity contribution is -0.0333. The SMILES string of the molecule is CC(C)CCC[C@@H](C)[C@H]1CCC2=C3C(O)C[C@H]4CCCC[C@]4(C)[C@H]3CC[C@@]21C. The summed E-state index contributed by atoms with van der Waals surface area (Å²) in [6, 6.07) is 0. The second kappa shape index (κ2) is 7.75. The smallest absolute Gasteiger partial charge is 0.0758 e. The van der Waals surface area contributed by atoms with Crippen molar-refractivity contribution >= 4 is 0 Å². The Hall–Kier alpha value is -0.300. The molecule has 0 aromatic carbocycles. The monoisotopic (exact) mass is 386 g/mol. The summed E-state index contributed by atoms with van der Waals surface area (Å²) in [5, 5.41) is 11.3. The van der Waals surface area contributed by atoms with Crippen LogP contribution in [0.15, 0.2) is 11.1 Å². The maximum atomic E-state index is 11.3. The van der Waals surface area contributed by atoms with Gasteiger partial charge in [0.05, 0.1) is 6.10 Å². The Bertz CT molecular complexity index is 603. The lowest BCUT2D eigenvalue weighted by Crippen LogP contribution is -2.50. The molecule has 3 fully saturated rings. The molecule has 28 heavy (non-hydrogen) atoms. The van der Waals surface area contributed by atoms with Gasteiger partial charge in [-0.25, -0.2) is 0 Å². The van der Waals surface area contributed by atoms with Crippen LogP contribution in [-0.2, 0) is 0 Å². The van der Waals surface area contributed by atoms with Gasteiger partial charge in [-0.3, -0.25) is 0 Å². The van der Waals surface area contributed by atoms with Crippen LogP contribution in [0.5, 0.6) is 0 Å². The highest BCUT2D eigenvalue weighted by Gasteiger charge is 2.56. The number of hydrogen-bond acceptors (Lipinski definition) is 1. The maximum Gasteiger partial charge on any atom is 0.0758 e. The molecule has 0 saturated heterocycles. The van der Waals surface area contributed by atoms with Gasteiger partial charge in [-0.05, 0) is 90.9 Å². The first-order valence-electron chi connectivity index (χ1n) is 12.7. The topological polar surface area (TPSA) is 20.2 Å². The highest BCUT2D eigenvalue weighted by atomic mass is 16.3. The summed E-state index contributed by atoms with van der Waals surface area (Å²) in [6.07, 6.45) is 16.0. The number of hydrogen-bond donors (Lipinski definition) is 1. The lowest BCUT2D eigenvalue weighted by Gasteiger charge is -2.57. The summed E-state index contributed by atoms with van der Waals surface area (Å²) in [5.41, 5.74) is 4.15. The van der Waals surface area contributed by atoms with E-state index in [9.17, 15) is 5.11 Å². The third-order valence-electron chi connectivity index (χ3n) is 10.1. The number of aliphatic hydroxyl groups is 1. The van der Waals surface area contributed by atoms with E-state index in [1.165, 1.54) is 70.6 Å². The van der Waals surface area contributed by atoms with Gasteiger partial charge in [0, 0.05) is 0 Å². The van der Waals surface area contributed by atoms with Crippen molar-refractivity contribution in [1.82, 2.24) is 0 Å². The average molecular weight is 387 g/mol. The summed E-state index contributed by atoms with van der Waals surface area (Å²) in [6.45, 7) is 12.4. The molecule has 1 N–H and O–H groups in total. The summed E-state index contributed by atoms with van der Waals surface area (Å²) in [4.78, 5) is 0. The Morgan fingerprint density at radius 1 is 1.00 bits per heavy atom. The fraction of sp³-hybridized carbons (Fsp3) is 0.926. The van der Waals surface area contributed by atoms with Crippen molar-refractivity contribution in [3.05, 3.63) is 11.1 Å². The first kappa shape index (κ1) is 21.0. The van der Waals surface area contributed by atoms with Gasteiger partial charge in [-0.15, -0.1) is 0 Å². The van der Waals surface area contributed by atoms with E-state index in [0.29, 0.717) is 16.7 Å². The lowest BCUT2D eigenvalue weighted by atomic mass is 9.48. The molecule has 0 radical (unpaired) electrons. The van der Waals surface area contributed by atoms with Crippen LogP contribution in [0.4, 0.5) is 0 Å². The zero-order valence-corrected chi connectivity index (χ0v) is 19.4. The van der Waals surface area contributed by atoms with Crippen LogP contribution in [0, 0.1) is 40.4 Å². The minimum Gasteiger partial charge on any atom is -0.389 e. The average Bonchev–Trinajstić information content (AvgIpc) is 2.99. The second-order valence-corrected chi connectivity index (χ2v) is 12.1. The third-order valence-corrected chi connectivity index (χ3v) is 10.1. The minimum atomic E-state index is -0.134. The number of fused-ring (bicyclic) bond motifs is 4. The van der Waals surface area contributed by atoms with Crippen LogP contribution < -0.4 is 0 Å². The van der Waals surface area contributed by atoms with Crippen molar-refractivity contribution in [3.8, 4) is 0 Å². The number of rotatable bonds is 5. The molecule has 0 aromatic heterocycles. The number of aliphatic hydroxyl groups excluding tert-OH is 1. The standard InChI is InChI=1S/C27H46O/c1-18(2)9-8-10-19(3)21-12-13-22-25-23(14-16-27(21,22)5)26(4)15-7-6-11-20(26)17-24(25)28/h18-21,23-24,28H,6-17H2,1-5H3/t19-,20-,21-,23+,24?,26+,27-/m1/s1. The molecule has 1 heteroatoms. The molecule has 1 nitrogen and oxygen atoms in total. The van der Waals surface area contributed by atoms with Crippen LogP contribution in [0.25, 0.3) is 0 Å². The van der Waals surface area contributed by atoms with E-state index in [2.05, 4.69) is 34.6 Å². The van der Waals surface area contributed by atoms with E-state index in [0.717, 1.165) is 30.1 Å². The Morgan fingerprint density at radius 3 is 2.54 bits per heavy atom. The van der Waals surface area contributed by atoms with Crippen molar-refractivity contribution in [2.24, 2.45) is 40.4 Å². The van der Waals surface area contributed by atoms with Crippen molar-refractivity contribution < 1.29 is 5.11 Å². The van der Waals surface area contributed by atoms with Gasteiger partial charge < -0.3 is 5.11 Å². The molecule has 7 atom stereocenters. The highest BCUT2D eigenvalue weighted by Crippen LogP contribution is 2.65. The number of allylic oxidation sites excluding steroid dienone is 1. The molecule has 0 amide bonds. The van der Waals surface area contributed by atoms with E-state index < -0.39 is 0 Å². The molecule has 4 aliphatic carbocycles. The van der Waals surface area contributed by atoms with Gasteiger partial charge in [0.2, 0.25) is 0 Å². The quantitative estimate of drug-likeness (QED) is 0.484. The Balaban J connectivity index is 1.58. The van der Waals surface area contributed by atoms with Crippen LogP contribution in [0.3, 0.4) is 0 Å². The molecular formula is C27H46O. The molecule has 0 spiro atoms. The Kier molecular flexibility index (Phi) is 5.80. The van der Waals surface area contributed by atoms with E-state index in [4.69, 9.17) is 0 Å². The van der Waals surface area contributed by atoms with Crippen molar-refractivity contribution in [2.45, 2.75) is 118 Å².